The van der Waals surface area contributed by atoms with E-state index in [9.17, 15) is 9.59 Å². The van der Waals surface area contributed by atoms with Gasteiger partial charge >= 0.3 is 5.97 Å². The molecule has 0 aliphatic carbocycles. The molecule has 0 N–H and O–H groups in total. The zero-order valence-corrected chi connectivity index (χ0v) is 14.7. The Morgan fingerprint density at radius 3 is 2.00 bits per heavy atom. The lowest BCUT2D eigenvalue weighted by Gasteiger charge is -2.24. The van der Waals surface area contributed by atoms with Crippen LogP contribution in [-0.4, -0.2) is 23.0 Å². The van der Waals surface area contributed by atoms with E-state index in [4.69, 9.17) is 14.5 Å². The number of Topliss-reactive ketones (excluding diaryl/α,β-unsaturated/α-hetero) is 1. The first-order chi connectivity index (χ1) is 10.5. The highest BCUT2D eigenvalue weighted by Gasteiger charge is 2.28. The van der Waals surface area contributed by atoms with E-state index in [1.54, 1.807) is 20.8 Å². The fourth-order valence-corrected chi connectivity index (χ4v) is 1.66. The largest absolute Gasteiger partial charge is 0.454 e. The van der Waals surface area contributed by atoms with Gasteiger partial charge in [-0.2, -0.15) is 0 Å². The van der Waals surface area contributed by atoms with Gasteiger partial charge in [0.15, 0.2) is 0 Å². The quantitative estimate of drug-likeness (QED) is 0.345. The molecule has 0 fully saturated rings. The molecule has 23 heavy (non-hydrogen) atoms. The molecule has 1 aromatic carbocycles. The van der Waals surface area contributed by atoms with Gasteiger partial charge in [-0.3, -0.25) is 4.79 Å². The average molecular weight is 322 g/mol. The number of carbonyl (C=O) groups excluding carboxylic acids is 2. The Bertz CT molecular complexity index is 523. The summed E-state index contributed by atoms with van der Waals surface area (Å²) >= 11 is 0. The minimum atomic E-state index is -0.863. The first-order valence-electron chi connectivity index (χ1n) is 7.63. The standard InChI is InChI=1S/C18H26O5/c1-17(2,3)21-16(20)14(19)12-15(22-23-18(4,5)6)13-10-8-7-9-11-13/h7-11,15H,12H2,1-6H3/t15-/m0/s1. The van der Waals surface area contributed by atoms with Crippen molar-refractivity contribution in [1.29, 1.82) is 0 Å². The summed E-state index contributed by atoms with van der Waals surface area (Å²) in [6.07, 6.45) is -0.815. The van der Waals surface area contributed by atoms with Gasteiger partial charge < -0.3 is 4.74 Å². The number of hydrogen-bond acceptors (Lipinski definition) is 5. The van der Waals surface area contributed by atoms with Gasteiger partial charge in [-0.05, 0) is 47.1 Å². The van der Waals surface area contributed by atoms with Gasteiger partial charge in [-0.1, -0.05) is 30.3 Å². The van der Waals surface area contributed by atoms with E-state index in [2.05, 4.69) is 0 Å². The Kier molecular flexibility index (Phi) is 6.47. The van der Waals surface area contributed by atoms with Crippen molar-refractivity contribution in [2.45, 2.75) is 65.3 Å². The SMILES string of the molecule is CC(C)(C)OO[C@@H](CC(=O)C(=O)OC(C)(C)C)c1ccccc1. The Hall–Kier alpha value is -1.72. The highest BCUT2D eigenvalue weighted by atomic mass is 17.2. The molecule has 0 spiro atoms. The van der Waals surface area contributed by atoms with Crippen molar-refractivity contribution >= 4 is 11.8 Å². The fourth-order valence-electron chi connectivity index (χ4n) is 1.66. The van der Waals surface area contributed by atoms with Gasteiger partial charge in [0.25, 0.3) is 0 Å². The third-order valence-electron chi connectivity index (χ3n) is 2.58. The average Bonchev–Trinajstić information content (AvgIpc) is 2.41. The third kappa shape index (κ3) is 7.90. The summed E-state index contributed by atoms with van der Waals surface area (Å²) in [5, 5.41) is 0. The van der Waals surface area contributed by atoms with Crippen LogP contribution in [0, 0.1) is 0 Å². The van der Waals surface area contributed by atoms with Crippen molar-refractivity contribution in [2.24, 2.45) is 0 Å². The van der Waals surface area contributed by atoms with E-state index in [0.29, 0.717) is 0 Å². The maximum atomic E-state index is 12.1. The molecule has 1 aromatic rings. The molecule has 0 bridgehead atoms. The second-order valence-electron chi connectivity index (χ2n) is 7.32. The van der Waals surface area contributed by atoms with E-state index in [1.807, 2.05) is 51.1 Å². The van der Waals surface area contributed by atoms with Crippen LogP contribution in [0.2, 0.25) is 0 Å². The Balaban J connectivity index is 2.81. The lowest BCUT2D eigenvalue weighted by molar-refractivity contribution is -0.375. The molecule has 5 heteroatoms. The molecule has 0 unspecified atom stereocenters. The number of ether oxygens (including phenoxy) is 1. The van der Waals surface area contributed by atoms with Crippen molar-refractivity contribution in [1.82, 2.24) is 0 Å². The molecular formula is C18H26O5. The Morgan fingerprint density at radius 1 is 0.957 bits per heavy atom. The Morgan fingerprint density at radius 2 is 1.52 bits per heavy atom. The first kappa shape index (κ1) is 19.3. The highest BCUT2D eigenvalue weighted by Crippen LogP contribution is 2.25. The summed E-state index contributed by atoms with van der Waals surface area (Å²) in [6.45, 7) is 10.7. The number of hydrogen-bond donors (Lipinski definition) is 0. The van der Waals surface area contributed by atoms with Gasteiger partial charge in [-0.25, -0.2) is 14.6 Å². The zero-order chi connectivity index (χ0) is 17.7. The lowest BCUT2D eigenvalue weighted by Crippen LogP contribution is -2.30. The topological polar surface area (TPSA) is 61.8 Å². The number of ketones is 1. The second-order valence-corrected chi connectivity index (χ2v) is 7.32. The minimum absolute atomic E-state index is 0.144. The molecule has 0 heterocycles. The summed E-state index contributed by atoms with van der Waals surface area (Å²) in [5.74, 6) is -1.51. The van der Waals surface area contributed by atoms with Crippen LogP contribution in [0.5, 0.6) is 0 Å². The molecule has 0 radical (unpaired) electrons. The van der Waals surface area contributed by atoms with Crippen molar-refractivity contribution in [3.8, 4) is 0 Å². The van der Waals surface area contributed by atoms with Crippen LogP contribution in [0.25, 0.3) is 0 Å². The first-order valence-corrected chi connectivity index (χ1v) is 7.63. The highest BCUT2D eigenvalue weighted by molar-refractivity contribution is 6.33. The fraction of sp³-hybridized carbons (Fsp3) is 0.556. The molecule has 0 saturated heterocycles. The van der Waals surface area contributed by atoms with Crippen LogP contribution in [0.3, 0.4) is 0 Å². The maximum absolute atomic E-state index is 12.1. The number of benzene rings is 1. The molecule has 0 saturated carbocycles. The summed E-state index contributed by atoms with van der Waals surface area (Å²) in [4.78, 5) is 34.7. The van der Waals surface area contributed by atoms with Gasteiger partial charge in [0, 0.05) is 0 Å². The number of carbonyl (C=O) groups is 2. The monoisotopic (exact) mass is 322 g/mol. The molecule has 128 valence electrons. The molecule has 1 rings (SSSR count). The van der Waals surface area contributed by atoms with E-state index in [0.717, 1.165) is 5.56 Å². The lowest BCUT2D eigenvalue weighted by atomic mass is 10.0. The van der Waals surface area contributed by atoms with Crippen LogP contribution in [-0.2, 0) is 24.1 Å². The van der Waals surface area contributed by atoms with Gasteiger partial charge in [0.1, 0.15) is 11.7 Å². The van der Waals surface area contributed by atoms with Crippen LogP contribution < -0.4 is 0 Å². The maximum Gasteiger partial charge on any atom is 0.375 e. The van der Waals surface area contributed by atoms with Gasteiger partial charge in [0.05, 0.1) is 12.0 Å². The van der Waals surface area contributed by atoms with E-state index in [-0.39, 0.29) is 6.42 Å². The number of esters is 1. The summed E-state index contributed by atoms with van der Waals surface area (Å²) in [6, 6.07) is 9.17. The smallest absolute Gasteiger partial charge is 0.375 e. The zero-order valence-electron chi connectivity index (χ0n) is 14.7. The van der Waals surface area contributed by atoms with E-state index >= 15 is 0 Å². The molecule has 0 aromatic heterocycles. The predicted molar refractivity (Wildman–Crippen MR) is 86.6 cm³/mol. The normalized spacial score (nSPS) is 13.5. The van der Waals surface area contributed by atoms with Crippen molar-refractivity contribution in [2.75, 3.05) is 0 Å². The molecule has 5 nitrogen and oxygen atoms in total. The molecule has 0 aliphatic heterocycles. The molecular weight excluding hydrogens is 296 g/mol. The van der Waals surface area contributed by atoms with Gasteiger partial charge in [-0.15, -0.1) is 0 Å². The van der Waals surface area contributed by atoms with Crippen LogP contribution >= 0.6 is 0 Å². The van der Waals surface area contributed by atoms with Crippen molar-refractivity contribution in [3.63, 3.8) is 0 Å². The molecule has 1 atom stereocenters. The predicted octanol–water partition coefficient (Wildman–Crippen LogP) is 3.78. The number of rotatable bonds is 6. The van der Waals surface area contributed by atoms with Gasteiger partial charge in [0.2, 0.25) is 5.78 Å². The van der Waals surface area contributed by atoms with Crippen LogP contribution in [0.15, 0.2) is 30.3 Å². The van der Waals surface area contributed by atoms with Crippen molar-refractivity contribution in [3.05, 3.63) is 35.9 Å². The van der Waals surface area contributed by atoms with Crippen LogP contribution in [0.4, 0.5) is 0 Å². The van der Waals surface area contributed by atoms with Crippen LogP contribution in [0.1, 0.15) is 59.6 Å². The summed E-state index contributed by atoms with van der Waals surface area (Å²) in [7, 11) is 0. The second kappa shape index (κ2) is 7.70. The molecule has 0 amide bonds. The molecule has 0 aliphatic rings. The summed E-state index contributed by atoms with van der Waals surface area (Å²) < 4.78 is 5.10. The van der Waals surface area contributed by atoms with E-state index < -0.39 is 29.1 Å². The van der Waals surface area contributed by atoms with Crippen molar-refractivity contribution < 1.29 is 24.1 Å². The van der Waals surface area contributed by atoms with E-state index in [1.165, 1.54) is 0 Å². The Labute approximate surface area is 137 Å². The minimum Gasteiger partial charge on any atom is -0.454 e. The summed E-state index contributed by atoms with van der Waals surface area (Å²) in [5.41, 5.74) is -0.478. The third-order valence-corrected chi connectivity index (χ3v) is 2.58.